The first-order valence-corrected chi connectivity index (χ1v) is 7.11. The number of hydrogen-bond acceptors (Lipinski definition) is 3. The Morgan fingerprint density at radius 2 is 2.32 bits per heavy atom. The number of ether oxygens (including phenoxy) is 1. The van der Waals surface area contributed by atoms with Gasteiger partial charge in [0.15, 0.2) is 0 Å². The van der Waals surface area contributed by atoms with Crippen molar-refractivity contribution in [3.8, 4) is 5.75 Å². The van der Waals surface area contributed by atoms with E-state index in [4.69, 9.17) is 4.74 Å². The summed E-state index contributed by atoms with van der Waals surface area (Å²) in [6, 6.07) is 5.38. The topological polar surface area (TPSA) is 49.8 Å². The molecule has 0 bridgehead atoms. The van der Waals surface area contributed by atoms with E-state index < -0.39 is 12.0 Å². The monoisotopic (exact) mass is 327 g/mol. The van der Waals surface area contributed by atoms with Gasteiger partial charge in [-0.3, -0.25) is 9.69 Å². The van der Waals surface area contributed by atoms with Gasteiger partial charge >= 0.3 is 5.97 Å². The van der Waals surface area contributed by atoms with Crippen LogP contribution in [0, 0.1) is 5.92 Å². The molecular formula is C14H18BrNO3. The molecule has 2 atom stereocenters. The number of hydrogen-bond donors (Lipinski definition) is 1. The summed E-state index contributed by atoms with van der Waals surface area (Å²) in [5.74, 6) is 0.253. The van der Waals surface area contributed by atoms with Gasteiger partial charge in [0, 0.05) is 11.0 Å². The van der Waals surface area contributed by atoms with Crippen LogP contribution < -0.4 is 4.74 Å². The summed E-state index contributed by atoms with van der Waals surface area (Å²) in [6.07, 6.45) is 0.929. The summed E-state index contributed by atoms with van der Waals surface area (Å²) in [4.78, 5) is 13.4. The number of rotatable bonds is 4. The minimum absolute atomic E-state index is 0.196. The maximum atomic E-state index is 11.3. The van der Waals surface area contributed by atoms with E-state index in [2.05, 4.69) is 15.9 Å². The van der Waals surface area contributed by atoms with Crippen molar-refractivity contribution in [3.05, 3.63) is 28.2 Å². The van der Waals surface area contributed by atoms with Crippen LogP contribution in [0.5, 0.6) is 5.75 Å². The number of nitrogens with zero attached hydrogens (tertiary/aromatic N) is 1. The van der Waals surface area contributed by atoms with Gasteiger partial charge in [-0.1, -0.05) is 22.9 Å². The maximum Gasteiger partial charge on any atom is 0.321 e. The number of halogens is 1. The first kappa shape index (κ1) is 14.3. The predicted octanol–water partition coefficient (Wildman–Crippen LogP) is 2.75. The number of aliphatic carboxylic acids is 1. The quantitative estimate of drug-likeness (QED) is 0.923. The molecule has 1 aromatic rings. The summed E-state index contributed by atoms with van der Waals surface area (Å²) in [5.41, 5.74) is 1.06. The molecule has 0 radical (unpaired) electrons. The fourth-order valence-corrected chi connectivity index (χ4v) is 2.99. The molecule has 4 nitrogen and oxygen atoms in total. The standard InChI is InChI=1S/C14H18BrNO3/c1-9-5-6-16(13(9)14(17)18)8-10-7-11(19-2)3-4-12(10)15/h3-4,7,9,13H,5-6,8H2,1-2H3,(H,17,18). The van der Waals surface area contributed by atoms with Crippen LogP contribution in [0.3, 0.4) is 0 Å². The van der Waals surface area contributed by atoms with Crippen molar-refractivity contribution in [2.45, 2.75) is 25.9 Å². The molecule has 1 saturated heterocycles. The third-order valence-electron chi connectivity index (χ3n) is 3.68. The number of carbonyl (C=O) groups is 1. The Balaban J connectivity index is 2.18. The normalized spacial score (nSPS) is 23.5. The number of likely N-dealkylation sites (tertiary alicyclic amines) is 1. The molecule has 0 spiro atoms. The molecule has 0 aliphatic carbocycles. The molecule has 1 aliphatic heterocycles. The van der Waals surface area contributed by atoms with Crippen LogP contribution >= 0.6 is 15.9 Å². The molecule has 2 rings (SSSR count). The van der Waals surface area contributed by atoms with E-state index in [-0.39, 0.29) is 5.92 Å². The SMILES string of the molecule is COc1ccc(Br)c(CN2CCC(C)C2C(=O)O)c1. The van der Waals surface area contributed by atoms with Crippen LogP contribution in [-0.4, -0.2) is 35.7 Å². The van der Waals surface area contributed by atoms with Gasteiger partial charge in [-0.15, -0.1) is 0 Å². The number of carboxylic acid groups (broad SMARTS) is 1. The van der Waals surface area contributed by atoms with Crippen molar-refractivity contribution in [1.82, 2.24) is 4.90 Å². The second-order valence-electron chi connectivity index (χ2n) is 4.98. The van der Waals surface area contributed by atoms with Gasteiger partial charge < -0.3 is 9.84 Å². The molecule has 5 heteroatoms. The highest BCUT2D eigenvalue weighted by molar-refractivity contribution is 9.10. The van der Waals surface area contributed by atoms with Crippen molar-refractivity contribution in [1.29, 1.82) is 0 Å². The molecule has 1 fully saturated rings. The number of carboxylic acids is 1. The Hall–Kier alpha value is -1.07. The summed E-state index contributed by atoms with van der Waals surface area (Å²) < 4.78 is 6.20. The molecule has 1 aliphatic rings. The summed E-state index contributed by atoms with van der Waals surface area (Å²) in [7, 11) is 1.63. The summed E-state index contributed by atoms with van der Waals surface area (Å²) in [5, 5.41) is 9.32. The van der Waals surface area contributed by atoms with Gasteiger partial charge in [0.2, 0.25) is 0 Å². The maximum absolute atomic E-state index is 11.3. The minimum atomic E-state index is -0.732. The van der Waals surface area contributed by atoms with Crippen LogP contribution in [0.4, 0.5) is 0 Å². The molecule has 1 aromatic carbocycles. The van der Waals surface area contributed by atoms with E-state index >= 15 is 0 Å². The lowest BCUT2D eigenvalue weighted by atomic mass is 10.0. The zero-order valence-electron chi connectivity index (χ0n) is 11.1. The number of methoxy groups -OCH3 is 1. The van der Waals surface area contributed by atoms with E-state index in [0.29, 0.717) is 6.54 Å². The Morgan fingerprint density at radius 3 is 2.95 bits per heavy atom. The van der Waals surface area contributed by atoms with Crippen molar-refractivity contribution >= 4 is 21.9 Å². The van der Waals surface area contributed by atoms with Crippen molar-refractivity contribution in [2.24, 2.45) is 5.92 Å². The van der Waals surface area contributed by atoms with Gasteiger partial charge in [-0.2, -0.15) is 0 Å². The molecule has 104 valence electrons. The van der Waals surface area contributed by atoms with Crippen LogP contribution in [-0.2, 0) is 11.3 Å². The first-order valence-electron chi connectivity index (χ1n) is 6.32. The highest BCUT2D eigenvalue weighted by Crippen LogP contribution is 2.29. The van der Waals surface area contributed by atoms with E-state index in [1.807, 2.05) is 30.0 Å². The third-order valence-corrected chi connectivity index (χ3v) is 4.46. The zero-order chi connectivity index (χ0) is 14.0. The van der Waals surface area contributed by atoms with E-state index in [0.717, 1.165) is 28.8 Å². The van der Waals surface area contributed by atoms with Gasteiger partial charge in [0.05, 0.1) is 7.11 Å². The van der Waals surface area contributed by atoms with E-state index in [1.165, 1.54) is 0 Å². The Bertz CT molecular complexity index is 478. The van der Waals surface area contributed by atoms with Crippen LogP contribution in [0.1, 0.15) is 18.9 Å². The van der Waals surface area contributed by atoms with Gasteiger partial charge in [0.25, 0.3) is 0 Å². The summed E-state index contributed by atoms with van der Waals surface area (Å²) >= 11 is 3.51. The van der Waals surface area contributed by atoms with Crippen LogP contribution in [0.25, 0.3) is 0 Å². The van der Waals surface area contributed by atoms with Crippen molar-refractivity contribution in [2.75, 3.05) is 13.7 Å². The zero-order valence-corrected chi connectivity index (χ0v) is 12.7. The average molecular weight is 328 g/mol. The first-order chi connectivity index (χ1) is 9.02. The van der Waals surface area contributed by atoms with Crippen molar-refractivity contribution in [3.63, 3.8) is 0 Å². The molecule has 0 amide bonds. The fourth-order valence-electron chi connectivity index (χ4n) is 2.62. The Kier molecular flexibility index (Phi) is 4.47. The fraction of sp³-hybridized carbons (Fsp3) is 0.500. The lowest BCUT2D eigenvalue weighted by Crippen LogP contribution is -2.38. The van der Waals surface area contributed by atoms with E-state index in [1.54, 1.807) is 7.11 Å². The molecule has 1 heterocycles. The second-order valence-corrected chi connectivity index (χ2v) is 5.83. The average Bonchev–Trinajstić information content (AvgIpc) is 2.73. The van der Waals surface area contributed by atoms with Gasteiger partial charge in [-0.25, -0.2) is 0 Å². The second kappa shape index (κ2) is 5.92. The smallest absolute Gasteiger partial charge is 0.321 e. The minimum Gasteiger partial charge on any atom is -0.497 e. The van der Waals surface area contributed by atoms with Crippen LogP contribution in [0.2, 0.25) is 0 Å². The lowest BCUT2D eigenvalue weighted by molar-refractivity contribution is -0.143. The highest BCUT2D eigenvalue weighted by atomic mass is 79.9. The molecule has 0 aromatic heterocycles. The highest BCUT2D eigenvalue weighted by Gasteiger charge is 2.36. The Labute approximate surface area is 121 Å². The third kappa shape index (κ3) is 3.09. The van der Waals surface area contributed by atoms with Gasteiger partial charge in [-0.05, 0) is 42.6 Å². The van der Waals surface area contributed by atoms with Crippen LogP contribution in [0.15, 0.2) is 22.7 Å². The molecule has 1 N–H and O–H groups in total. The molecule has 0 saturated carbocycles. The van der Waals surface area contributed by atoms with Crippen molar-refractivity contribution < 1.29 is 14.6 Å². The molecular weight excluding hydrogens is 310 g/mol. The molecule has 19 heavy (non-hydrogen) atoms. The molecule has 2 unspecified atom stereocenters. The largest absolute Gasteiger partial charge is 0.497 e. The summed E-state index contributed by atoms with van der Waals surface area (Å²) in [6.45, 7) is 3.44. The Morgan fingerprint density at radius 1 is 1.58 bits per heavy atom. The predicted molar refractivity (Wildman–Crippen MR) is 76.3 cm³/mol. The van der Waals surface area contributed by atoms with E-state index in [9.17, 15) is 9.90 Å². The van der Waals surface area contributed by atoms with Gasteiger partial charge in [0.1, 0.15) is 11.8 Å². The number of benzene rings is 1. The lowest BCUT2D eigenvalue weighted by Gasteiger charge is -2.23.